The van der Waals surface area contributed by atoms with E-state index >= 15 is 0 Å². The second-order valence-electron chi connectivity index (χ2n) is 11.9. The molecule has 8 rings (SSSR count). The van der Waals surface area contributed by atoms with Gasteiger partial charge in [-0.2, -0.15) is 0 Å². The standard InChI is InChI=1S/C45H32S2/c1-46-44-28-38-23-31(16-15-30-9-4-3-5-10-30)17-18-32(38)24-36(44)21-22-37-25-33-19-20-35(26-39(33)29-45(37)47-2)41-13-8-14-42-40-12-7-6-11-34(40)27-43(41)42/h3-14,17-26,28-29H,27H2,1-2H3/b22-21+. The van der Waals surface area contributed by atoms with Gasteiger partial charge in [0.25, 0.3) is 0 Å². The van der Waals surface area contributed by atoms with Crippen molar-refractivity contribution >= 4 is 57.2 Å². The molecule has 7 aromatic carbocycles. The molecule has 7 aromatic rings. The largest absolute Gasteiger partial charge is 0.129 e. The molecule has 0 spiro atoms. The van der Waals surface area contributed by atoms with E-state index in [-0.39, 0.29) is 0 Å². The van der Waals surface area contributed by atoms with E-state index in [0.29, 0.717) is 0 Å². The zero-order valence-electron chi connectivity index (χ0n) is 26.4. The van der Waals surface area contributed by atoms with Crippen LogP contribution < -0.4 is 0 Å². The van der Waals surface area contributed by atoms with E-state index in [4.69, 9.17) is 0 Å². The van der Waals surface area contributed by atoms with Crippen LogP contribution >= 0.6 is 23.5 Å². The fourth-order valence-electron chi connectivity index (χ4n) is 6.72. The average molecular weight is 637 g/mol. The van der Waals surface area contributed by atoms with Crippen molar-refractivity contribution < 1.29 is 0 Å². The molecule has 1 aliphatic carbocycles. The predicted octanol–water partition coefficient (Wildman–Crippen LogP) is 12.2. The van der Waals surface area contributed by atoms with E-state index in [0.717, 1.165) is 17.5 Å². The van der Waals surface area contributed by atoms with E-state index in [1.165, 1.54) is 75.8 Å². The molecule has 0 bridgehead atoms. The fourth-order valence-corrected chi connectivity index (χ4v) is 7.94. The maximum Gasteiger partial charge on any atom is 0.0255 e. The topological polar surface area (TPSA) is 0 Å². The second-order valence-corrected chi connectivity index (χ2v) is 13.6. The van der Waals surface area contributed by atoms with Crippen molar-refractivity contribution in [2.24, 2.45) is 0 Å². The normalized spacial score (nSPS) is 11.9. The summed E-state index contributed by atoms with van der Waals surface area (Å²) in [6.07, 6.45) is 9.87. The van der Waals surface area contributed by atoms with Gasteiger partial charge in [0, 0.05) is 20.9 Å². The number of benzene rings is 7. The number of thioether (sulfide) groups is 2. The molecule has 0 nitrogen and oxygen atoms in total. The van der Waals surface area contributed by atoms with E-state index in [1.807, 2.05) is 30.3 Å². The smallest absolute Gasteiger partial charge is 0.0255 e. The quantitative estimate of drug-likeness (QED) is 0.105. The molecule has 224 valence electrons. The number of rotatable bonds is 5. The molecular weight excluding hydrogens is 605 g/mol. The Morgan fingerprint density at radius 3 is 1.85 bits per heavy atom. The Balaban J connectivity index is 1.10. The van der Waals surface area contributed by atoms with Gasteiger partial charge in [0.15, 0.2) is 0 Å². The fraction of sp³-hybridized carbons (Fsp3) is 0.0667. The van der Waals surface area contributed by atoms with E-state index in [1.54, 1.807) is 23.5 Å². The summed E-state index contributed by atoms with van der Waals surface area (Å²) in [4.78, 5) is 2.54. The first-order chi connectivity index (χ1) is 23.2. The first kappa shape index (κ1) is 29.5. The van der Waals surface area contributed by atoms with E-state index < -0.39 is 0 Å². The lowest BCUT2D eigenvalue weighted by molar-refractivity contribution is 1.26. The van der Waals surface area contributed by atoms with Crippen LogP contribution in [0.25, 0.3) is 56.0 Å². The summed E-state index contributed by atoms with van der Waals surface area (Å²) in [5, 5.41) is 4.97. The molecule has 2 heteroatoms. The van der Waals surface area contributed by atoms with Crippen LogP contribution in [-0.4, -0.2) is 12.5 Å². The first-order valence-electron chi connectivity index (χ1n) is 15.9. The third kappa shape index (κ3) is 5.79. The maximum absolute atomic E-state index is 3.33. The van der Waals surface area contributed by atoms with Gasteiger partial charge in [-0.25, -0.2) is 0 Å². The van der Waals surface area contributed by atoms with Crippen LogP contribution in [0.2, 0.25) is 0 Å². The summed E-state index contributed by atoms with van der Waals surface area (Å²) < 4.78 is 0. The molecule has 0 amide bonds. The molecule has 0 saturated carbocycles. The van der Waals surface area contributed by atoms with Gasteiger partial charge in [0.1, 0.15) is 0 Å². The molecule has 0 atom stereocenters. The lowest BCUT2D eigenvalue weighted by Crippen LogP contribution is -1.89. The summed E-state index contributed by atoms with van der Waals surface area (Å²) >= 11 is 3.59. The molecule has 0 radical (unpaired) electrons. The van der Waals surface area contributed by atoms with Crippen LogP contribution in [0.1, 0.15) is 33.4 Å². The van der Waals surface area contributed by atoms with Gasteiger partial charge in [-0.05, 0) is 140 Å². The van der Waals surface area contributed by atoms with Crippen LogP contribution in [0.5, 0.6) is 0 Å². The van der Waals surface area contributed by atoms with Gasteiger partial charge < -0.3 is 0 Å². The second kappa shape index (κ2) is 12.7. The lowest BCUT2D eigenvalue weighted by Gasteiger charge is -2.12. The van der Waals surface area contributed by atoms with Crippen molar-refractivity contribution in [2.45, 2.75) is 16.2 Å². The Labute approximate surface area is 285 Å². The predicted molar refractivity (Wildman–Crippen MR) is 206 cm³/mol. The van der Waals surface area contributed by atoms with Crippen LogP contribution in [0.4, 0.5) is 0 Å². The van der Waals surface area contributed by atoms with Gasteiger partial charge in [-0.1, -0.05) is 103 Å². The molecule has 0 aliphatic heterocycles. The monoisotopic (exact) mass is 636 g/mol. The molecule has 1 aliphatic rings. The number of hydrogen-bond donors (Lipinski definition) is 0. The molecular formula is C45H32S2. The minimum Gasteiger partial charge on any atom is -0.129 e. The Morgan fingerprint density at radius 1 is 0.489 bits per heavy atom. The third-order valence-electron chi connectivity index (χ3n) is 9.11. The minimum atomic E-state index is 0.996. The molecule has 0 saturated heterocycles. The Morgan fingerprint density at radius 2 is 1.11 bits per heavy atom. The van der Waals surface area contributed by atoms with Crippen molar-refractivity contribution in [3.05, 3.63) is 167 Å². The highest BCUT2D eigenvalue weighted by Gasteiger charge is 2.21. The summed E-state index contributed by atoms with van der Waals surface area (Å²) in [5.41, 5.74) is 12.8. The van der Waals surface area contributed by atoms with Crippen molar-refractivity contribution in [2.75, 3.05) is 12.5 Å². The summed E-state index contributed by atoms with van der Waals surface area (Å²) in [6.45, 7) is 0. The van der Waals surface area contributed by atoms with Crippen molar-refractivity contribution in [1.82, 2.24) is 0 Å². The first-order valence-corrected chi connectivity index (χ1v) is 18.3. The van der Waals surface area contributed by atoms with Crippen LogP contribution in [0.3, 0.4) is 0 Å². The van der Waals surface area contributed by atoms with Crippen molar-refractivity contribution in [3.63, 3.8) is 0 Å². The number of fused-ring (bicyclic) bond motifs is 5. The van der Waals surface area contributed by atoms with Gasteiger partial charge in [-0.3, -0.25) is 0 Å². The third-order valence-corrected chi connectivity index (χ3v) is 10.7. The van der Waals surface area contributed by atoms with Gasteiger partial charge in [-0.15, -0.1) is 23.5 Å². The molecule has 0 heterocycles. The Hall–Kier alpha value is -4.94. The highest BCUT2D eigenvalue weighted by Crippen LogP contribution is 2.42. The number of hydrogen-bond acceptors (Lipinski definition) is 2. The molecule has 0 aromatic heterocycles. The lowest BCUT2D eigenvalue weighted by atomic mass is 9.94. The van der Waals surface area contributed by atoms with Crippen molar-refractivity contribution in [3.8, 4) is 34.1 Å². The summed E-state index contributed by atoms with van der Waals surface area (Å²) in [6, 6.07) is 48.5. The van der Waals surface area contributed by atoms with Crippen LogP contribution in [-0.2, 0) is 6.42 Å². The van der Waals surface area contributed by atoms with Crippen LogP contribution in [0.15, 0.2) is 143 Å². The van der Waals surface area contributed by atoms with Crippen LogP contribution in [0, 0.1) is 11.8 Å². The zero-order valence-corrected chi connectivity index (χ0v) is 28.0. The summed E-state index contributed by atoms with van der Waals surface area (Å²) in [7, 11) is 0. The van der Waals surface area contributed by atoms with Gasteiger partial charge in [0.2, 0.25) is 0 Å². The SMILES string of the molecule is CSc1cc2cc(C#Cc3ccccc3)ccc2cc1/C=C/c1cc2ccc(-c3cccc4c3Cc3ccccc3-4)cc2cc1SC. The Kier molecular flexibility index (Phi) is 7.95. The maximum atomic E-state index is 3.33. The van der Waals surface area contributed by atoms with E-state index in [9.17, 15) is 0 Å². The molecule has 0 unspecified atom stereocenters. The molecule has 47 heavy (non-hydrogen) atoms. The summed E-state index contributed by atoms with van der Waals surface area (Å²) in [5.74, 6) is 6.62. The molecule has 0 fully saturated rings. The van der Waals surface area contributed by atoms with Crippen molar-refractivity contribution in [1.29, 1.82) is 0 Å². The minimum absolute atomic E-state index is 0.996. The Bertz CT molecular complexity index is 2400. The molecule has 0 N–H and O–H groups in total. The van der Waals surface area contributed by atoms with Gasteiger partial charge >= 0.3 is 0 Å². The highest BCUT2D eigenvalue weighted by atomic mass is 32.2. The van der Waals surface area contributed by atoms with E-state index in [2.05, 4.69) is 140 Å². The highest BCUT2D eigenvalue weighted by molar-refractivity contribution is 7.99. The zero-order chi connectivity index (χ0) is 31.7. The average Bonchev–Trinajstić information content (AvgIpc) is 3.51. The van der Waals surface area contributed by atoms with Gasteiger partial charge in [0.05, 0.1) is 0 Å².